The Morgan fingerprint density at radius 2 is 1.53 bits per heavy atom. The summed E-state index contributed by atoms with van der Waals surface area (Å²) >= 11 is 0. The first kappa shape index (κ1) is 26.3. The average molecular weight is 471 g/mol. The van der Waals surface area contributed by atoms with Crippen LogP contribution in [-0.2, 0) is 18.0 Å². The highest BCUT2D eigenvalue weighted by Crippen LogP contribution is 2.49. The maximum atomic E-state index is 14.0. The fourth-order valence-corrected chi connectivity index (χ4v) is 5.80. The lowest BCUT2D eigenvalue weighted by Gasteiger charge is -2.38. The normalized spacial score (nSPS) is 17.6. The summed E-state index contributed by atoms with van der Waals surface area (Å²) in [5.41, 5.74) is -0.318. The highest BCUT2D eigenvalue weighted by atomic mass is 19.4. The molecule has 2 nitrogen and oxygen atoms in total. The molecular weight excluding hydrogens is 433 g/mol. The number of nitrogens with zero attached hydrogens (tertiary/aromatic N) is 2. The molecule has 2 atom stereocenters. The van der Waals surface area contributed by atoms with Crippen molar-refractivity contribution in [2.75, 3.05) is 6.54 Å². The molecule has 1 saturated carbocycles. The van der Waals surface area contributed by atoms with Crippen LogP contribution >= 0.6 is 0 Å². The standard InChI is InChI=1S/C29H37F3N2/c1-22(2)34(20-18-24-11-5-4-6-12-24)23(3)17-19-28(21-33,25-13-7-8-14-25)26-15-9-10-16-27(26)29(30,31)32/h4-6,9-12,15-16,22-23,25H,7-8,13-14,17-20H2,1-3H3. The number of alkyl halides is 3. The first-order valence-electron chi connectivity index (χ1n) is 12.6. The molecule has 5 heteroatoms. The van der Waals surface area contributed by atoms with E-state index in [1.54, 1.807) is 12.1 Å². The molecule has 0 N–H and O–H groups in total. The lowest BCUT2D eigenvalue weighted by molar-refractivity contribution is -0.138. The first-order valence-corrected chi connectivity index (χ1v) is 12.6. The topological polar surface area (TPSA) is 27.0 Å². The maximum Gasteiger partial charge on any atom is 0.416 e. The third kappa shape index (κ3) is 6.02. The van der Waals surface area contributed by atoms with Crippen molar-refractivity contribution in [3.05, 3.63) is 71.3 Å². The Kier molecular flexibility index (Phi) is 8.82. The number of benzene rings is 2. The summed E-state index contributed by atoms with van der Waals surface area (Å²) in [5, 5.41) is 10.5. The minimum atomic E-state index is -4.47. The first-order chi connectivity index (χ1) is 16.2. The molecule has 34 heavy (non-hydrogen) atoms. The molecule has 3 rings (SSSR count). The van der Waals surface area contributed by atoms with Gasteiger partial charge in [-0.05, 0) is 76.0 Å². The van der Waals surface area contributed by atoms with Gasteiger partial charge in [0.05, 0.1) is 17.0 Å². The Morgan fingerprint density at radius 1 is 0.941 bits per heavy atom. The van der Waals surface area contributed by atoms with Gasteiger partial charge in [0, 0.05) is 18.6 Å². The van der Waals surface area contributed by atoms with Crippen LogP contribution in [0.5, 0.6) is 0 Å². The molecule has 0 saturated heterocycles. The minimum Gasteiger partial charge on any atom is -0.298 e. The zero-order chi connectivity index (χ0) is 24.8. The van der Waals surface area contributed by atoms with Gasteiger partial charge in [0.25, 0.3) is 0 Å². The average Bonchev–Trinajstić information content (AvgIpc) is 3.35. The fourth-order valence-electron chi connectivity index (χ4n) is 5.80. The van der Waals surface area contributed by atoms with Crippen LogP contribution < -0.4 is 0 Å². The third-order valence-corrected chi connectivity index (χ3v) is 7.65. The molecule has 1 aliphatic rings. The van der Waals surface area contributed by atoms with E-state index in [9.17, 15) is 18.4 Å². The van der Waals surface area contributed by atoms with Gasteiger partial charge in [-0.3, -0.25) is 4.90 Å². The lowest BCUT2D eigenvalue weighted by Crippen LogP contribution is -2.42. The van der Waals surface area contributed by atoms with E-state index in [1.165, 1.54) is 11.6 Å². The van der Waals surface area contributed by atoms with Gasteiger partial charge in [0.2, 0.25) is 0 Å². The van der Waals surface area contributed by atoms with E-state index in [-0.39, 0.29) is 17.5 Å². The summed E-state index contributed by atoms with van der Waals surface area (Å²) in [6.45, 7) is 7.35. The van der Waals surface area contributed by atoms with Crippen molar-refractivity contribution in [2.45, 2.75) is 89.4 Å². The summed E-state index contributed by atoms with van der Waals surface area (Å²) in [6, 6.07) is 19.0. The second kappa shape index (κ2) is 11.4. The van der Waals surface area contributed by atoms with Crippen molar-refractivity contribution < 1.29 is 13.2 Å². The van der Waals surface area contributed by atoms with Crippen LogP contribution in [0, 0.1) is 17.2 Å². The lowest BCUT2D eigenvalue weighted by atomic mass is 9.66. The smallest absolute Gasteiger partial charge is 0.298 e. The van der Waals surface area contributed by atoms with Crippen LogP contribution in [0.25, 0.3) is 0 Å². The Labute approximate surface area is 202 Å². The molecule has 1 aliphatic carbocycles. The molecule has 2 unspecified atom stereocenters. The van der Waals surface area contributed by atoms with Crippen molar-refractivity contribution in [1.82, 2.24) is 4.90 Å². The predicted molar refractivity (Wildman–Crippen MR) is 131 cm³/mol. The summed E-state index contributed by atoms with van der Waals surface area (Å²) < 4.78 is 41.9. The van der Waals surface area contributed by atoms with Crippen LogP contribution in [-0.4, -0.2) is 23.5 Å². The van der Waals surface area contributed by atoms with Crippen LogP contribution in [0.1, 0.15) is 76.0 Å². The molecular formula is C29H37F3N2. The Morgan fingerprint density at radius 3 is 2.09 bits per heavy atom. The number of rotatable bonds is 10. The van der Waals surface area contributed by atoms with E-state index >= 15 is 0 Å². The number of hydrogen-bond acceptors (Lipinski definition) is 2. The monoisotopic (exact) mass is 470 g/mol. The second-order valence-corrected chi connectivity index (χ2v) is 10.1. The van der Waals surface area contributed by atoms with Crippen molar-refractivity contribution in [1.29, 1.82) is 5.26 Å². The highest BCUT2D eigenvalue weighted by molar-refractivity contribution is 5.42. The van der Waals surface area contributed by atoms with Crippen molar-refractivity contribution >= 4 is 0 Å². The van der Waals surface area contributed by atoms with Gasteiger partial charge in [0.15, 0.2) is 0 Å². The number of nitriles is 1. The molecule has 2 aromatic carbocycles. The van der Waals surface area contributed by atoms with E-state index in [4.69, 9.17) is 0 Å². The van der Waals surface area contributed by atoms with Crippen molar-refractivity contribution in [3.8, 4) is 6.07 Å². The number of hydrogen-bond donors (Lipinski definition) is 0. The quantitative estimate of drug-likeness (QED) is 0.354. The van der Waals surface area contributed by atoms with Crippen molar-refractivity contribution in [2.24, 2.45) is 5.92 Å². The Bertz CT molecular complexity index is 942. The van der Waals surface area contributed by atoms with Gasteiger partial charge in [-0.15, -0.1) is 0 Å². The third-order valence-electron chi connectivity index (χ3n) is 7.65. The largest absolute Gasteiger partial charge is 0.416 e. The summed E-state index contributed by atoms with van der Waals surface area (Å²) in [4.78, 5) is 2.42. The number of halogens is 3. The fraction of sp³-hybridized carbons (Fsp3) is 0.552. The van der Waals surface area contributed by atoms with E-state index in [0.29, 0.717) is 18.9 Å². The van der Waals surface area contributed by atoms with E-state index in [2.05, 4.69) is 43.9 Å². The van der Waals surface area contributed by atoms with Gasteiger partial charge in [-0.25, -0.2) is 0 Å². The molecule has 2 aromatic rings. The summed E-state index contributed by atoms with van der Waals surface area (Å²) in [6.07, 6.45) is 1.17. The zero-order valence-corrected chi connectivity index (χ0v) is 20.6. The van der Waals surface area contributed by atoms with Crippen LogP contribution in [0.4, 0.5) is 13.2 Å². The predicted octanol–water partition coefficient (Wildman–Crippen LogP) is 7.78. The van der Waals surface area contributed by atoms with Gasteiger partial charge < -0.3 is 0 Å². The molecule has 0 aliphatic heterocycles. The van der Waals surface area contributed by atoms with Gasteiger partial charge in [-0.1, -0.05) is 61.4 Å². The minimum absolute atomic E-state index is 0.0370. The van der Waals surface area contributed by atoms with E-state index < -0.39 is 17.2 Å². The molecule has 0 spiro atoms. The molecule has 0 amide bonds. The van der Waals surface area contributed by atoms with Crippen LogP contribution in [0.3, 0.4) is 0 Å². The zero-order valence-electron chi connectivity index (χ0n) is 20.6. The van der Waals surface area contributed by atoms with E-state index in [1.807, 2.05) is 18.2 Å². The molecule has 0 radical (unpaired) electrons. The van der Waals surface area contributed by atoms with Gasteiger partial charge in [-0.2, -0.15) is 18.4 Å². The Balaban J connectivity index is 1.85. The highest BCUT2D eigenvalue weighted by Gasteiger charge is 2.47. The Hall–Kier alpha value is -2.32. The molecule has 1 fully saturated rings. The van der Waals surface area contributed by atoms with Gasteiger partial charge in [0.1, 0.15) is 0 Å². The summed E-state index contributed by atoms with van der Waals surface area (Å²) in [7, 11) is 0. The van der Waals surface area contributed by atoms with Gasteiger partial charge >= 0.3 is 6.18 Å². The van der Waals surface area contributed by atoms with Crippen LogP contribution in [0.15, 0.2) is 54.6 Å². The molecule has 0 aromatic heterocycles. The maximum absolute atomic E-state index is 14.0. The molecule has 0 heterocycles. The van der Waals surface area contributed by atoms with E-state index in [0.717, 1.165) is 44.7 Å². The summed E-state index contributed by atoms with van der Waals surface area (Å²) in [5.74, 6) is -0.0370. The SMILES string of the molecule is CC(C)N(CCc1ccccc1)C(C)CCC(C#N)(c1ccccc1C(F)(F)F)C1CCCC1. The van der Waals surface area contributed by atoms with Crippen LogP contribution in [0.2, 0.25) is 0 Å². The molecule has 0 bridgehead atoms. The molecule has 184 valence electrons. The second-order valence-electron chi connectivity index (χ2n) is 10.1. The van der Waals surface area contributed by atoms with Crippen molar-refractivity contribution in [3.63, 3.8) is 0 Å².